The highest BCUT2D eigenvalue weighted by Gasteiger charge is 2.10. The SMILES string of the molecule is CC(C)Oc1ccc(CNC(=O)c2ccn(-c3cccc(Cl)c3)n2)cn1. The first-order valence-electron chi connectivity index (χ1n) is 8.22. The van der Waals surface area contributed by atoms with Crippen molar-refractivity contribution in [1.29, 1.82) is 0 Å². The van der Waals surface area contributed by atoms with Gasteiger partial charge < -0.3 is 10.1 Å². The van der Waals surface area contributed by atoms with Crippen molar-refractivity contribution in [2.45, 2.75) is 26.5 Å². The Labute approximate surface area is 156 Å². The Bertz CT molecular complexity index is 891. The third kappa shape index (κ3) is 4.61. The fourth-order valence-corrected chi connectivity index (χ4v) is 2.49. The summed E-state index contributed by atoms with van der Waals surface area (Å²) in [5.74, 6) is 0.309. The molecule has 0 atom stereocenters. The first-order valence-corrected chi connectivity index (χ1v) is 8.60. The first kappa shape index (κ1) is 17.9. The van der Waals surface area contributed by atoms with Gasteiger partial charge in [-0.3, -0.25) is 4.79 Å². The Kier molecular flexibility index (Phi) is 5.53. The molecule has 1 N–H and O–H groups in total. The van der Waals surface area contributed by atoms with E-state index >= 15 is 0 Å². The lowest BCUT2D eigenvalue weighted by Crippen LogP contribution is -2.23. The number of ether oxygens (including phenoxy) is 1. The summed E-state index contributed by atoms with van der Waals surface area (Å²) in [6.45, 7) is 4.24. The zero-order valence-electron chi connectivity index (χ0n) is 14.5. The van der Waals surface area contributed by atoms with E-state index in [0.717, 1.165) is 11.3 Å². The summed E-state index contributed by atoms with van der Waals surface area (Å²) in [5, 5.41) is 7.73. The number of hydrogen-bond donors (Lipinski definition) is 1. The maximum Gasteiger partial charge on any atom is 0.272 e. The molecular weight excluding hydrogens is 352 g/mol. The number of pyridine rings is 1. The van der Waals surface area contributed by atoms with E-state index in [1.807, 2.05) is 32.0 Å². The summed E-state index contributed by atoms with van der Waals surface area (Å²) in [7, 11) is 0. The molecule has 0 saturated carbocycles. The van der Waals surface area contributed by atoms with Crippen molar-refractivity contribution >= 4 is 17.5 Å². The molecule has 7 heteroatoms. The summed E-state index contributed by atoms with van der Waals surface area (Å²) in [6.07, 6.45) is 3.48. The second kappa shape index (κ2) is 8.01. The molecule has 6 nitrogen and oxygen atoms in total. The maximum atomic E-state index is 12.3. The van der Waals surface area contributed by atoms with Gasteiger partial charge in [-0.25, -0.2) is 9.67 Å². The van der Waals surface area contributed by atoms with E-state index in [-0.39, 0.29) is 12.0 Å². The predicted molar refractivity (Wildman–Crippen MR) is 99.7 cm³/mol. The number of carbonyl (C=O) groups excluding carboxylic acids is 1. The number of aromatic nitrogens is 3. The molecule has 3 rings (SSSR count). The minimum atomic E-state index is -0.256. The predicted octanol–water partition coefficient (Wildman–Crippen LogP) is 3.64. The Morgan fingerprint density at radius 2 is 2.12 bits per heavy atom. The van der Waals surface area contributed by atoms with Gasteiger partial charge in [-0.1, -0.05) is 23.7 Å². The highest BCUT2D eigenvalue weighted by Crippen LogP contribution is 2.14. The van der Waals surface area contributed by atoms with Crippen LogP contribution in [0.2, 0.25) is 5.02 Å². The quantitative estimate of drug-likeness (QED) is 0.719. The van der Waals surface area contributed by atoms with Gasteiger partial charge in [0, 0.05) is 30.0 Å². The summed E-state index contributed by atoms with van der Waals surface area (Å²) in [5.41, 5.74) is 2.00. The largest absolute Gasteiger partial charge is 0.475 e. The highest BCUT2D eigenvalue weighted by molar-refractivity contribution is 6.30. The number of rotatable bonds is 6. The van der Waals surface area contributed by atoms with Gasteiger partial charge in [0.2, 0.25) is 5.88 Å². The van der Waals surface area contributed by atoms with Crippen LogP contribution in [0.15, 0.2) is 54.9 Å². The van der Waals surface area contributed by atoms with Crippen LogP contribution in [0.5, 0.6) is 5.88 Å². The second-order valence-corrected chi connectivity index (χ2v) is 6.42. The molecule has 3 aromatic rings. The van der Waals surface area contributed by atoms with Crippen LogP contribution in [0.25, 0.3) is 5.69 Å². The third-order valence-corrected chi connectivity index (χ3v) is 3.74. The summed E-state index contributed by atoms with van der Waals surface area (Å²) < 4.78 is 7.11. The number of benzene rings is 1. The third-order valence-electron chi connectivity index (χ3n) is 3.50. The minimum absolute atomic E-state index is 0.0719. The summed E-state index contributed by atoms with van der Waals surface area (Å²) >= 11 is 5.99. The van der Waals surface area contributed by atoms with Crippen LogP contribution in [0, 0.1) is 0 Å². The molecule has 2 aromatic heterocycles. The normalized spacial score (nSPS) is 10.8. The fourth-order valence-electron chi connectivity index (χ4n) is 2.31. The van der Waals surface area contributed by atoms with E-state index in [4.69, 9.17) is 16.3 Å². The maximum absolute atomic E-state index is 12.3. The molecule has 0 radical (unpaired) electrons. The van der Waals surface area contributed by atoms with E-state index in [9.17, 15) is 4.79 Å². The Balaban J connectivity index is 1.60. The topological polar surface area (TPSA) is 69.0 Å². The fraction of sp³-hybridized carbons (Fsp3) is 0.211. The number of nitrogens with one attached hydrogen (secondary N) is 1. The van der Waals surface area contributed by atoms with E-state index < -0.39 is 0 Å². The molecule has 0 fully saturated rings. The van der Waals surface area contributed by atoms with Gasteiger partial charge in [0.25, 0.3) is 5.91 Å². The molecule has 134 valence electrons. The van der Waals surface area contributed by atoms with Gasteiger partial charge in [0.1, 0.15) is 0 Å². The molecule has 1 aromatic carbocycles. The van der Waals surface area contributed by atoms with E-state index in [1.165, 1.54) is 0 Å². The molecule has 0 bridgehead atoms. The van der Waals surface area contributed by atoms with Gasteiger partial charge in [-0.15, -0.1) is 0 Å². The standard InChI is InChI=1S/C19H19ClN4O2/c1-13(2)26-18-7-6-14(11-21-18)12-22-19(25)17-8-9-24(23-17)16-5-3-4-15(20)10-16/h3-11,13H,12H2,1-2H3,(H,22,25). The molecule has 0 unspecified atom stereocenters. The summed E-state index contributed by atoms with van der Waals surface area (Å²) in [4.78, 5) is 16.5. The molecular formula is C19H19ClN4O2. The van der Waals surface area contributed by atoms with E-state index in [1.54, 1.807) is 41.3 Å². The summed E-state index contributed by atoms with van der Waals surface area (Å²) in [6, 6.07) is 12.6. The lowest BCUT2D eigenvalue weighted by Gasteiger charge is -2.09. The Morgan fingerprint density at radius 3 is 2.81 bits per heavy atom. The van der Waals surface area contributed by atoms with E-state index in [2.05, 4.69) is 15.4 Å². The molecule has 0 saturated heterocycles. The lowest BCUT2D eigenvalue weighted by molar-refractivity contribution is 0.0945. The van der Waals surface area contributed by atoms with Crippen LogP contribution in [0.4, 0.5) is 0 Å². The Morgan fingerprint density at radius 1 is 1.27 bits per heavy atom. The van der Waals surface area contributed by atoms with Crippen molar-refractivity contribution < 1.29 is 9.53 Å². The van der Waals surface area contributed by atoms with Crippen LogP contribution in [-0.2, 0) is 6.54 Å². The van der Waals surface area contributed by atoms with E-state index in [0.29, 0.717) is 23.1 Å². The molecule has 0 aliphatic carbocycles. The van der Waals surface area contributed by atoms with Crippen molar-refractivity contribution in [3.8, 4) is 11.6 Å². The van der Waals surface area contributed by atoms with Crippen LogP contribution >= 0.6 is 11.6 Å². The number of nitrogens with zero attached hydrogens (tertiary/aromatic N) is 3. The Hall–Kier alpha value is -2.86. The van der Waals surface area contributed by atoms with Gasteiger partial charge in [0.15, 0.2) is 5.69 Å². The van der Waals surface area contributed by atoms with Crippen LogP contribution < -0.4 is 10.1 Å². The van der Waals surface area contributed by atoms with Crippen molar-refractivity contribution in [2.24, 2.45) is 0 Å². The van der Waals surface area contributed by atoms with Crippen LogP contribution in [0.3, 0.4) is 0 Å². The van der Waals surface area contributed by atoms with Crippen molar-refractivity contribution in [3.63, 3.8) is 0 Å². The average Bonchev–Trinajstić information content (AvgIpc) is 3.11. The van der Waals surface area contributed by atoms with Crippen LogP contribution in [0.1, 0.15) is 29.9 Å². The minimum Gasteiger partial charge on any atom is -0.475 e. The number of amides is 1. The van der Waals surface area contributed by atoms with Gasteiger partial charge in [0.05, 0.1) is 11.8 Å². The number of carbonyl (C=O) groups is 1. The van der Waals surface area contributed by atoms with Gasteiger partial charge in [-0.05, 0) is 43.7 Å². The first-order chi connectivity index (χ1) is 12.5. The molecule has 1 amide bonds. The van der Waals surface area contributed by atoms with Crippen molar-refractivity contribution in [1.82, 2.24) is 20.1 Å². The molecule has 26 heavy (non-hydrogen) atoms. The number of halogens is 1. The average molecular weight is 371 g/mol. The van der Waals surface area contributed by atoms with Crippen molar-refractivity contribution in [2.75, 3.05) is 0 Å². The molecule has 2 heterocycles. The van der Waals surface area contributed by atoms with Crippen molar-refractivity contribution in [3.05, 3.63) is 71.1 Å². The number of hydrogen-bond acceptors (Lipinski definition) is 4. The smallest absolute Gasteiger partial charge is 0.272 e. The zero-order valence-corrected chi connectivity index (χ0v) is 15.3. The highest BCUT2D eigenvalue weighted by atomic mass is 35.5. The molecule has 0 spiro atoms. The second-order valence-electron chi connectivity index (χ2n) is 5.98. The lowest BCUT2D eigenvalue weighted by atomic mass is 10.3. The van der Waals surface area contributed by atoms with Gasteiger partial charge in [-0.2, -0.15) is 5.10 Å². The zero-order chi connectivity index (χ0) is 18.5. The monoisotopic (exact) mass is 370 g/mol. The molecule has 0 aliphatic heterocycles. The molecule has 0 aliphatic rings. The van der Waals surface area contributed by atoms with Crippen LogP contribution in [-0.4, -0.2) is 26.8 Å². The van der Waals surface area contributed by atoms with Gasteiger partial charge >= 0.3 is 0 Å².